The van der Waals surface area contributed by atoms with Gasteiger partial charge in [-0.2, -0.15) is 0 Å². The second kappa shape index (κ2) is 18.1. The molecule has 0 bridgehead atoms. The van der Waals surface area contributed by atoms with Gasteiger partial charge in [0, 0.05) is 54.7 Å². The SMILES string of the molecule is CC(=O)O.CC(=O)O.CN(C)c1cc2ccccc2c2ccc[c-]c12.CN(C)c1cc2ccccc2c2ccc[c-]c12.[Pd].[Pd]. The average molecular weight is 774 g/mol. The third-order valence-electron chi connectivity index (χ3n) is 6.27. The second-order valence-electron chi connectivity index (χ2n) is 9.98. The first-order valence-corrected chi connectivity index (χ1v) is 13.4. The monoisotopic (exact) mass is 772 g/mol. The number of aliphatic carboxylic acids is 2. The van der Waals surface area contributed by atoms with Gasteiger partial charge in [0.2, 0.25) is 0 Å². The molecule has 0 aliphatic heterocycles. The maximum atomic E-state index is 9.00. The van der Waals surface area contributed by atoms with Crippen molar-refractivity contribution in [2.75, 3.05) is 38.0 Å². The van der Waals surface area contributed by atoms with E-state index in [0.717, 1.165) is 13.8 Å². The Labute approximate surface area is 286 Å². The average Bonchev–Trinajstić information content (AvgIpc) is 2.96. The quantitative estimate of drug-likeness (QED) is 0.106. The molecule has 8 heteroatoms. The summed E-state index contributed by atoms with van der Waals surface area (Å²) in [5, 5.41) is 24.9. The Morgan fingerprint density at radius 2 is 0.841 bits per heavy atom. The summed E-state index contributed by atoms with van der Waals surface area (Å²) in [5.74, 6) is -1.67. The molecule has 0 atom stereocenters. The van der Waals surface area contributed by atoms with Crippen molar-refractivity contribution in [3.8, 4) is 0 Å². The molecule has 0 saturated carbocycles. The largest absolute Gasteiger partial charge is 0.481 e. The topological polar surface area (TPSA) is 81.1 Å². The van der Waals surface area contributed by atoms with E-state index in [0.29, 0.717) is 0 Å². The van der Waals surface area contributed by atoms with E-state index in [1.165, 1.54) is 54.5 Å². The molecular weight excluding hydrogens is 737 g/mol. The summed E-state index contributed by atoms with van der Waals surface area (Å²) >= 11 is 0. The Morgan fingerprint density at radius 1 is 0.545 bits per heavy atom. The molecule has 236 valence electrons. The molecule has 44 heavy (non-hydrogen) atoms. The molecule has 6 nitrogen and oxygen atoms in total. The standard InChI is InChI=1S/2C16H14N.2C2H4O2.2Pd/c2*1-17(2)16-11-12-7-3-4-8-13(12)14-9-5-6-10-15(14)16;2*1-2(3)4;;/h2*3-9,11H,1-2H3;2*1H3,(H,3,4);;/q2*-1;;;;. The van der Waals surface area contributed by atoms with E-state index in [9.17, 15) is 0 Å². The molecule has 0 spiro atoms. The zero-order chi connectivity index (χ0) is 30.8. The van der Waals surface area contributed by atoms with E-state index in [1.807, 2.05) is 24.3 Å². The van der Waals surface area contributed by atoms with E-state index in [4.69, 9.17) is 19.8 Å². The van der Waals surface area contributed by atoms with Crippen molar-refractivity contribution in [1.82, 2.24) is 0 Å². The first-order chi connectivity index (χ1) is 20.0. The fourth-order valence-electron chi connectivity index (χ4n) is 4.63. The summed E-state index contributed by atoms with van der Waals surface area (Å²) in [4.78, 5) is 22.3. The van der Waals surface area contributed by atoms with Gasteiger partial charge in [-0.3, -0.25) is 9.59 Å². The van der Waals surface area contributed by atoms with Crippen molar-refractivity contribution >= 4 is 66.4 Å². The molecule has 6 aromatic carbocycles. The van der Waals surface area contributed by atoms with Crippen LogP contribution in [0.4, 0.5) is 11.4 Å². The molecule has 0 heterocycles. The van der Waals surface area contributed by atoms with Crippen molar-refractivity contribution in [2.45, 2.75) is 13.8 Å². The zero-order valence-electron chi connectivity index (χ0n) is 25.5. The van der Waals surface area contributed by atoms with Gasteiger partial charge in [-0.05, 0) is 50.3 Å². The van der Waals surface area contributed by atoms with Gasteiger partial charge in [-0.1, -0.05) is 82.2 Å². The van der Waals surface area contributed by atoms with Crippen LogP contribution in [0.15, 0.2) is 97.1 Å². The fourth-order valence-corrected chi connectivity index (χ4v) is 4.63. The van der Waals surface area contributed by atoms with E-state index in [-0.39, 0.29) is 40.8 Å². The van der Waals surface area contributed by atoms with Gasteiger partial charge in [0.1, 0.15) is 0 Å². The van der Waals surface area contributed by atoms with Crippen molar-refractivity contribution in [2.24, 2.45) is 0 Å². The van der Waals surface area contributed by atoms with Crippen LogP contribution >= 0.6 is 0 Å². The number of fused-ring (bicyclic) bond motifs is 6. The molecule has 0 radical (unpaired) electrons. The van der Waals surface area contributed by atoms with Crippen LogP contribution in [-0.4, -0.2) is 50.3 Å². The Morgan fingerprint density at radius 3 is 1.16 bits per heavy atom. The van der Waals surface area contributed by atoms with E-state index in [2.05, 4.69) is 123 Å². The van der Waals surface area contributed by atoms with Crippen molar-refractivity contribution in [3.05, 3.63) is 109 Å². The van der Waals surface area contributed by atoms with E-state index < -0.39 is 11.9 Å². The third-order valence-corrected chi connectivity index (χ3v) is 6.27. The molecule has 2 N–H and O–H groups in total. The number of carbonyl (C=O) groups is 2. The van der Waals surface area contributed by atoms with Crippen LogP contribution in [0.2, 0.25) is 0 Å². The summed E-state index contributed by atoms with van der Waals surface area (Å²) in [6, 6.07) is 40.6. The smallest absolute Gasteiger partial charge is 0.300 e. The minimum absolute atomic E-state index is 0. The normalized spacial score (nSPS) is 9.59. The van der Waals surface area contributed by atoms with Crippen molar-refractivity contribution in [1.29, 1.82) is 0 Å². The molecule has 0 unspecified atom stereocenters. The van der Waals surface area contributed by atoms with Crippen LogP contribution in [-0.2, 0) is 50.4 Å². The van der Waals surface area contributed by atoms with Crippen LogP contribution in [0.1, 0.15) is 13.8 Å². The number of hydrogen-bond donors (Lipinski definition) is 2. The van der Waals surface area contributed by atoms with Gasteiger partial charge >= 0.3 is 0 Å². The number of hydrogen-bond acceptors (Lipinski definition) is 4. The van der Waals surface area contributed by atoms with Crippen LogP contribution in [0.3, 0.4) is 0 Å². The summed E-state index contributed by atoms with van der Waals surface area (Å²) < 4.78 is 0. The molecule has 6 aromatic rings. The molecule has 0 fully saturated rings. The predicted octanol–water partition coefficient (Wildman–Crippen LogP) is 7.90. The molecule has 0 saturated heterocycles. The van der Waals surface area contributed by atoms with Gasteiger partial charge < -0.3 is 20.0 Å². The zero-order valence-corrected chi connectivity index (χ0v) is 28.6. The molecule has 0 aliphatic rings. The summed E-state index contributed by atoms with van der Waals surface area (Å²) in [6.45, 7) is 2.17. The van der Waals surface area contributed by atoms with E-state index >= 15 is 0 Å². The van der Waals surface area contributed by atoms with Gasteiger partial charge in [0.15, 0.2) is 0 Å². The van der Waals surface area contributed by atoms with E-state index in [1.54, 1.807) is 0 Å². The minimum atomic E-state index is -0.833. The van der Waals surface area contributed by atoms with Crippen molar-refractivity contribution in [3.63, 3.8) is 0 Å². The van der Waals surface area contributed by atoms with Crippen LogP contribution in [0.5, 0.6) is 0 Å². The predicted molar refractivity (Wildman–Crippen MR) is 176 cm³/mol. The maximum Gasteiger partial charge on any atom is 0.300 e. The number of rotatable bonds is 2. The molecule has 0 aliphatic carbocycles. The molecule has 0 amide bonds. The first-order valence-electron chi connectivity index (χ1n) is 13.4. The molecule has 6 rings (SSSR count). The fraction of sp³-hybridized carbons (Fsp3) is 0.167. The summed E-state index contributed by atoms with van der Waals surface area (Å²) in [5.41, 5.74) is 2.44. The Hall–Kier alpha value is -3.78. The maximum absolute atomic E-state index is 9.00. The second-order valence-corrected chi connectivity index (χ2v) is 9.98. The van der Waals surface area contributed by atoms with Crippen LogP contribution in [0.25, 0.3) is 43.1 Å². The van der Waals surface area contributed by atoms with Crippen LogP contribution in [0, 0.1) is 12.1 Å². The van der Waals surface area contributed by atoms with Gasteiger partial charge in [-0.15, -0.1) is 59.3 Å². The Balaban J connectivity index is 0.000000343. The number of nitrogens with zero attached hydrogens (tertiary/aromatic N) is 2. The molecule has 0 aromatic heterocycles. The number of benzene rings is 6. The summed E-state index contributed by atoms with van der Waals surface area (Å²) in [6.07, 6.45) is 0. The van der Waals surface area contributed by atoms with Gasteiger partial charge in [-0.25, -0.2) is 0 Å². The number of carboxylic acid groups (broad SMARTS) is 2. The number of anilines is 2. The summed E-state index contributed by atoms with van der Waals surface area (Å²) in [7, 11) is 8.30. The van der Waals surface area contributed by atoms with Crippen LogP contribution < -0.4 is 9.80 Å². The third kappa shape index (κ3) is 10.2. The van der Waals surface area contributed by atoms with Crippen molar-refractivity contribution < 1.29 is 60.6 Å². The van der Waals surface area contributed by atoms with Gasteiger partial charge in [0.25, 0.3) is 11.9 Å². The Bertz CT molecular complexity index is 1700. The molecular formula is C36H36N2O4Pd2-2. The Kier molecular flexibility index (Phi) is 15.8. The minimum Gasteiger partial charge on any atom is -0.481 e. The van der Waals surface area contributed by atoms with Gasteiger partial charge in [0.05, 0.1) is 0 Å². The number of carboxylic acids is 2. The first kappa shape index (κ1) is 38.2.